The molecule has 0 saturated heterocycles. The summed E-state index contributed by atoms with van der Waals surface area (Å²) in [5, 5.41) is 10.5. The van der Waals surface area contributed by atoms with Gasteiger partial charge >= 0.3 is 0 Å². The summed E-state index contributed by atoms with van der Waals surface area (Å²) in [4.78, 5) is 11.5. The van der Waals surface area contributed by atoms with Gasteiger partial charge in [0.1, 0.15) is 6.34 Å². The topological polar surface area (TPSA) is 92.9 Å². The molecule has 8 heteroatoms. The van der Waals surface area contributed by atoms with E-state index in [2.05, 4.69) is 4.40 Å². The number of non-ortho nitro benzene ring substituents is 1. The van der Waals surface area contributed by atoms with Gasteiger partial charge in [-0.3, -0.25) is 10.1 Å². The van der Waals surface area contributed by atoms with Crippen molar-refractivity contribution in [3.8, 4) is 0 Å². The van der Waals surface area contributed by atoms with Crippen molar-refractivity contribution >= 4 is 22.0 Å². The molecule has 1 rings (SSSR count). The second-order valence-corrected chi connectivity index (χ2v) is 5.30. The first-order valence-electron chi connectivity index (χ1n) is 5.69. The van der Waals surface area contributed by atoms with Crippen LogP contribution in [0, 0.1) is 10.1 Å². The van der Waals surface area contributed by atoms with Gasteiger partial charge in [0.25, 0.3) is 15.7 Å². The average molecular weight is 285 g/mol. The van der Waals surface area contributed by atoms with Crippen LogP contribution in [0.25, 0.3) is 0 Å². The van der Waals surface area contributed by atoms with Crippen molar-refractivity contribution in [2.24, 2.45) is 4.40 Å². The van der Waals surface area contributed by atoms with Crippen molar-refractivity contribution in [3.63, 3.8) is 0 Å². The summed E-state index contributed by atoms with van der Waals surface area (Å²) < 4.78 is 27.3. The van der Waals surface area contributed by atoms with E-state index in [9.17, 15) is 18.5 Å². The monoisotopic (exact) mass is 285 g/mol. The van der Waals surface area contributed by atoms with E-state index in [0.717, 1.165) is 12.1 Å². The van der Waals surface area contributed by atoms with Gasteiger partial charge in [-0.15, -0.1) is 4.40 Å². The quantitative estimate of drug-likeness (QED) is 0.343. The summed E-state index contributed by atoms with van der Waals surface area (Å²) in [6.07, 6.45) is 1.26. The Morgan fingerprint density at radius 3 is 2.21 bits per heavy atom. The van der Waals surface area contributed by atoms with Gasteiger partial charge in [-0.05, 0) is 26.0 Å². The summed E-state index contributed by atoms with van der Waals surface area (Å²) >= 11 is 0. The average Bonchev–Trinajstić information content (AvgIpc) is 2.40. The van der Waals surface area contributed by atoms with Crippen LogP contribution >= 0.6 is 0 Å². The van der Waals surface area contributed by atoms with Gasteiger partial charge in [0, 0.05) is 25.2 Å². The molecule has 0 aliphatic heterocycles. The predicted molar refractivity (Wildman–Crippen MR) is 71.7 cm³/mol. The molecule has 1 aromatic rings. The summed E-state index contributed by atoms with van der Waals surface area (Å²) in [6, 6.07) is 4.62. The molecule has 0 saturated carbocycles. The minimum atomic E-state index is -3.81. The normalized spacial score (nSPS) is 11.7. The number of sulfonamides is 1. The Morgan fingerprint density at radius 1 is 1.26 bits per heavy atom. The third-order valence-corrected chi connectivity index (χ3v) is 3.75. The molecule has 0 atom stereocenters. The lowest BCUT2D eigenvalue weighted by molar-refractivity contribution is -0.384. The maximum absolute atomic E-state index is 11.9. The van der Waals surface area contributed by atoms with E-state index in [0.29, 0.717) is 13.1 Å². The molecule has 0 bridgehead atoms. The zero-order valence-electron chi connectivity index (χ0n) is 10.7. The first-order chi connectivity index (χ1) is 8.90. The van der Waals surface area contributed by atoms with Gasteiger partial charge in [0.15, 0.2) is 0 Å². The van der Waals surface area contributed by atoms with E-state index < -0.39 is 14.9 Å². The Morgan fingerprint density at radius 2 is 1.79 bits per heavy atom. The fourth-order valence-electron chi connectivity index (χ4n) is 1.32. The van der Waals surface area contributed by atoms with Crippen LogP contribution < -0.4 is 0 Å². The largest absolute Gasteiger partial charge is 0.362 e. The smallest absolute Gasteiger partial charge is 0.283 e. The molecule has 0 N–H and O–H groups in total. The van der Waals surface area contributed by atoms with Gasteiger partial charge in [-0.2, -0.15) is 8.42 Å². The van der Waals surface area contributed by atoms with Crippen LogP contribution in [0.4, 0.5) is 5.69 Å². The van der Waals surface area contributed by atoms with Gasteiger partial charge in [-0.1, -0.05) is 0 Å². The van der Waals surface area contributed by atoms with Gasteiger partial charge in [-0.25, -0.2) is 0 Å². The fraction of sp³-hybridized carbons (Fsp3) is 0.364. The lowest BCUT2D eigenvalue weighted by Crippen LogP contribution is -2.21. The summed E-state index contributed by atoms with van der Waals surface area (Å²) in [7, 11) is -3.81. The van der Waals surface area contributed by atoms with E-state index in [1.54, 1.807) is 4.90 Å². The Kier molecular flexibility index (Phi) is 4.99. The molecule has 0 aliphatic rings. The van der Waals surface area contributed by atoms with Gasteiger partial charge in [0.2, 0.25) is 0 Å². The Hall–Kier alpha value is -1.96. The molecule has 104 valence electrons. The van der Waals surface area contributed by atoms with Crippen LogP contribution in [-0.2, 0) is 10.0 Å². The minimum absolute atomic E-state index is 0.0680. The van der Waals surface area contributed by atoms with Crippen LogP contribution in [0.3, 0.4) is 0 Å². The Labute approximate surface area is 111 Å². The SMILES string of the molecule is CCN(C=NS(=O)(=O)c1ccc([N+](=O)[O-])cc1)CC. The molecule has 0 aliphatic carbocycles. The van der Waals surface area contributed by atoms with Crippen LogP contribution in [0.5, 0.6) is 0 Å². The molecule has 0 spiro atoms. The standard InChI is InChI=1S/C11H15N3O4S/c1-3-13(4-2)9-12-19(17,18)11-7-5-10(6-8-11)14(15)16/h5-9H,3-4H2,1-2H3. The van der Waals surface area contributed by atoms with Crippen molar-refractivity contribution in [1.29, 1.82) is 0 Å². The predicted octanol–water partition coefficient (Wildman–Crippen LogP) is 1.65. The number of nitrogens with zero attached hydrogens (tertiary/aromatic N) is 3. The second-order valence-electron chi connectivity index (χ2n) is 3.67. The summed E-state index contributed by atoms with van der Waals surface area (Å²) in [5.41, 5.74) is -0.160. The van der Waals surface area contributed by atoms with E-state index in [4.69, 9.17) is 0 Å². The maximum atomic E-state index is 11.9. The Bertz CT molecular complexity index is 562. The van der Waals surface area contributed by atoms with Crippen LogP contribution in [0.1, 0.15) is 13.8 Å². The number of rotatable bonds is 6. The number of nitro groups is 1. The van der Waals surface area contributed by atoms with E-state index in [1.165, 1.54) is 18.5 Å². The first kappa shape index (κ1) is 15.1. The van der Waals surface area contributed by atoms with Gasteiger partial charge in [0.05, 0.1) is 9.82 Å². The zero-order chi connectivity index (χ0) is 14.5. The number of hydrogen-bond donors (Lipinski definition) is 0. The highest BCUT2D eigenvalue weighted by atomic mass is 32.2. The number of nitro benzene ring substituents is 1. The van der Waals surface area contributed by atoms with Crippen molar-refractivity contribution in [2.75, 3.05) is 13.1 Å². The lowest BCUT2D eigenvalue weighted by Gasteiger charge is -2.13. The van der Waals surface area contributed by atoms with Crippen molar-refractivity contribution in [1.82, 2.24) is 4.90 Å². The molecule has 0 amide bonds. The molecule has 19 heavy (non-hydrogen) atoms. The first-order valence-corrected chi connectivity index (χ1v) is 7.13. The number of hydrogen-bond acceptors (Lipinski definition) is 4. The third kappa shape index (κ3) is 4.02. The van der Waals surface area contributed by atoms with Crippen molar-refractivity contribution < 1.29 is 13.3 Å². The molecule has 0 aromatic heterocycles. The van der Waals surface area contributed by atoms with Crippen LogP contribution in [0.15, 0.2) is 33.6 Å². The molecular weight excluding hydrogens is 270 g/mol. The van der Waals surface area contributed by atoms with E-state index in [1.807, 2.05) is 13.8 Å². The molecule has 1 aromatic carbocycles. The van der Waals surface area contributed by atoms with Crippen molar-refractivity contribution in [3.05, 3.63) is 34.4 Å². The third-order valence-electron chi connectivity index (χ3n) is 2.51. The molecule has 7 nitrogen and oxygen atoms in total. The molecule has 0 unspecified atom stereocenters. The zero-order valence-corrected chi connectivity index (χ0v) is 11.5. The van der Waals surface area contributed by atoms with E-state index >= 15 is 0 Å². The minimum Gasteiger partial charge on any atom is -0.362 e. The van der Waals surface area contributed by atoms with Crippen molar-refractivity contribution in [2.45, 2.75) is 18.7 Å². The lowest BCUT2D eigenvalue weighted by atomic mass is 10.3. The maximum Gasteiger partial charge on any atom is 0.283 e. The fourth-order valence-corrected chi connectivity index (χ4v) is 2.18. The Balaban J connectivity index is 2.97. The molecular formula is C11H15N3O4S. The highest BCUT2D eigenvalue weighted by Gasteiger charge is 2.14. The number of benzene rings is 1. The summed E-state index contributed by atoms with van der Waals surface area (Å²) in [6.45, 7) is 5.06. The van der Waals surface area contributed by atoms with Crippen LogP contribution in [0.2, 0.25) is 0 Å². The summed E-state index contributed by atoms with van der Waals surface area (Å²) in [5.74, 6) is 0. The van der Waals surface area contributed by atoms with Crippen LogP contribution in [-0.4, -0.2) is 37.7 Å². The van der Waals surface area contributed by atoms with Gasteiger partial charge < -0.3 is 4.90 Å². The molecule has 0 fully saturated rings. The second kappa shape index (κ2) is 6.28. The molecule has 0 radical (unpaired) electrons. The highest BCUT2D eigenvalue weighted by molar-refractivity contribution is 7.90. The van der Waals surface area contributed by atoms with E-state index in [-0.39, 0.29) is 10.6 Å². The molecule has 0 heterocycles. The highest BCUT2D eigenvalue weighted by Crippen LogP contribution is 2.17.